The zero-order valence-electron chi connectivity index (χ0n) is 14.7. The minimum Gasteiger partial charge on any atom is -0.462 e. The third-order valence-corrected chi connectivity index (χ3v) is 4.07. The number of hydrogen-bond donors (Lipinski definition) is 0. The van der Waals surface area contributed by atoms with E-state index < -0.39 is 5.97 Å². The molecule has 1 heterocycles. The second kappa shape index (κ2) is 7.62. The van der Waals surface area contributed by atoms with E-state index in [0.717, 1.165) is 22.4 Å². The lowest BCUT2D eigenvalue weighted by atomic mass is 9.98. The quantitative estimate of drug-likeness (QED) is 0.641. The molecule has 2 aromatic carbocycles. The smallest absolute Gasteiger partial charge is 0.340 e. The SMILES string of the molecule is CCOC(=O)c1cnc(-c2ccc(C)cc2)cc1-c1ccc(C#N)cc1. The maximum absolute atomic E-state index is 12.3. The topological polar surface area (TPSA) is 63.0 Å². The molecular formula is C22H18N2O2. The highest BCUT2D eigenvalue weighted by molar-refractivity contribution is 5.97. The maximum atomic E-state index is 12.3. The van der Waals surface area contributed by atoms with Crippen molar-refractivity contribution >= 4 is 5.97 Å². The number of carbonyl (C=O) groups excluding carboxylic acids is 1. The molecule has 3 aromatic rings. The van der Waals surface area contributed by atoms with Crippen molar-refractivity contribution in [2.24, 2.45) is 0 Å². The van der Waals surface area contributed by atoms with Crippen LogP contribution in [0.15, 0.2) is 60.8 Å². The van der Waals surface area contributed by atoms with Gasteiger partial charge in [-0.1, -0.05) is 42.0 Å². The monoisotopic (exact) mass is 342 g/mol. The molecule has 0 saturated heterocycles. The van der Waals surface area contributed by atoms with Gasteiger partial charge in [-0.05, 0) is 43.2 Å². The van der Waals surface area contributed by atoms with E-state index in [4.69, 9.17) is 10.00 Å². The summed E-state index contributed by atoms with van der Waals surface area (Å²) in [5.41, 5.74) is 5.47. The van der Waals surface area contributed by atoms with Crippen molar-refractivity contribution in [2.75, 3.05) is 6.61 Å². The lowest BCUT2D eigenvalue weighted by Crippen LogP contribution is -2.07. The number of aromatic nitrogens is 1. The molecule has 0 bridgehead atoms. The van der Waals surface area contributed by atoms with Crippen molar-refractivity contribution in [2.45, 2.75) is 13.8 Å². The van der Waals surface area contributed by atoms with E-state index in [2.05, 4.69) is 11.1 Å². The average molecular weight is 342 g/mol. The van der Waals surface area contributed by atoms with Crippen LogP contribution in [-0.4, -0.2) is 17.6 Å². The molecule has 0 N–H and O–H groups in total. The molecule has 1 aromatic heterocycles. The summed E-state index contributed by atoms with van der Waals surface area (Å²) in [7, 11) is 0. The predicted molar refractivity (Wildman–Crippen MR) is 101 cm³/mol. The molecule has 0 radical (unpaired) electrons. The highest BCUT2D eigenvalue weighted by Gasteiger charge is 2.16. The first kappa shape index (κ1) is 17.4. The van der Waals surface area contributed by atoms with Gasteiger partial charge < -0.3 is 4.74 Å². The Morgan fingerprint density at radius 3 is 2.35 bits per heavy atom. The molecule has 0 fully saturated rings. The number of esters is 1. The zero-order chi connectivity index (χ0) is 18.5. The van der Waals surface area contributed by atoms with Crippen molar-refractivity contribution < 1.29 is 9.53 Å². The summed E-state index contributed by atoms with van der Waals surface area (Å²) in [6, 6.07) is 19.2. The van der Waals surface area contributed by atoms with E-state index in [9.17, 15) is 4.79 Å². The maximum Gasteiger partial charge on any atom is 0.340 e. The van der Waals surface area contributed by atoms with Gasteiger partial charge in [0.05, 0.1) is 29.5 Å². The molecular weight excluding hydrogens is 324 g/mol. The molecule has 0 spiro atoms. The van der Waals surface area contributed by atoms with Gasteiger partial charge in [-0.25, -0.2) is 4.79 Å². The van der Waals surface area contributed by atoms with Crippen LogP contribution in [0.4, 0.5) is 0 Å². The molecule has 0 aliphatic rings. The van der Waals surface area contributed by atoms with Gasteiger partial charge in [0.25, 0.3) is 0 Å². The molecule has 0 aliphatic heterocycles. The predicted octanol–water partition coefficient (Wildman–Crippen LogP) is 4.77. The minimum atomic E-state index is -0.408. The Morgan fingerprint density at radius 1 is 1.08 bits per heavy atom. The highest BCUT2D eigenvalue weighted by Crippen LogP contribution is 2.29. The number of benzene rings is 2. The summed E-state index contributed by atoms with van der Waals surface area (Å²) < 4.78 is 5.17. The lowest BCUT2D eigenvalue weighted by Gasteiger charge is -2.11. The Bertz CT molecular complexity index is 969. The largest absolute Gasteiger partial charge is 0.462 e. The molecule has 128 valence electrons. The van der Waals surface area contributed by atoms with Gasteiger partial charge in [-0.15, -0.1) is 0 Å². The van der Waals surface area contributed by atoms with Crippen molar-refractivity contribution in [1.82, 2.24) is 4.98 Å². The van der Waals surface area contributed by atoms with E-state index in [-0.39, 0.29) is 0 Å². The molecule has 0 amide bonds. The number of pyridine rings is 1. The Morgan fingerprint density at radius 2 is 1.73 bits per heavy atom. The normalized spacial score (nSPS) is 10.2. The summed E-state index contributed by atoms with van der Waals surface area (Å²) in [6.45, 7) is 4.10. The summed E-state index contributed by atoms with van der Waals surface area (Å²) >= 11 is 0. The van der Waals surface area contributed by atoms with Crippen LogP contribution < -0.4 is 0 Å². The van der Waals surface area contributed by atoms with Gasteiger partial charge >= 0.3 is 5.97 Å². The van der Waals surface area contributed by atoms with E-state index in [1.807, 2.05) is 49.4 Å². The zero-order valence-corrected chi connectivity index (χ0v) is 14.7. The summed E-state index contributed by atoms with van der Waals surface area (Å²) in [6.07, 6.45) is 1.56. The minimum absolute atomic E-state index is 0.297. The van der Waals surface area contributed by atoms with Gasteiger partial charge in [0.2, 0.25) is 0 Å². The van der Waals surface area contributed by atoms with Crippen LogP contribution in [0.5, 0.6) is 0 Å². The summed E-state index contributed by atoms with van der Waals surface area (Å²) in [4.78, 5) is 16.8. The molecule has 0 unspecified atom stereocenters. The van der Waals surface area contributed by atoms with E-state index in [0.29, 0.717) is 17.7 Å². The first-order valence-electron chi connectivity index (χ1n) is 8.37. The number of nitriles is 1. The van der Waals surface area contributed by atoms with Crippen LogP contribution in [-0.2, 0) is 4.74 Å². The Kier molecular flexibility index (Phi) is 5.09. The highest BCUT2D eigenvalue weighted by atomic mass is 16.5. The Labute approximate surface area is 152 Å². The fourth-order valence-corrected chi connectivity index (χ4v) is 2.67. The van der Waals surface area contributed by atoms with Crippen LogP contribution in [0.1, 0.15) is 28.4 Å². The summed E-state index contributed by atoms with van der Waals surface area (Å²) in [5.74, 6) is -0.408. The number of hydrogen-bond acceptors (Lipinski definition) is 4. The van der Waals surface area contributed by atoms with Crippen molar-refractivity contribution in [3.63, 3.8) is 0 Å². The third kappa shape index (κ3) is 3.62. The molecule has 4 nitrogen and oxygen atoms in total. The van der Waals surface area contributed by atoms with Gasteiger partial charge in [-0.3, -0.25) is 4.98 Å². The second-order valence-corrected chi connectivity index (χ2v) is 5.89. The molecule has 26 heavy (non-hydrogen) atoms. The Balaban J connectivity index is 2.12. The van der Waals surface area contributed by atoms with Crippen LogP contribution in [0, 0.1) is 18.3 Å². The second-order valence-electron chi connectivity index (χ2n) is 5.89. The van der Waals surface area contributed by atoms with Crippen LogP contribution >= 0.6 is 0 Å². The first-order valence-corrected chi connectivity index (χ1v) is 8.37. The fourth-order valence-electron chi connectivity index (χ4n) is 2.67. The van der Waals surface area contributed by atoms with Crippen LogP contribution in [0.2, 0.25) is 0 Å². The van der Waals surface area contributed by atoms with E-state index in [1.165, 1.54) is 5.56 Å². The average Bonchev–Trinajstić information content (AvgIpc) is 2.68. The standard InChI is InChI=1S/C22H18N2O2/c1-3-26-22(25)20-14-24-21(18-8-4-15(2)5-9-18)12-19(20)17-10-6-16(13-23)7-11-17/h4-12,14H,3H2,1-2H3. The Hall–Kier alpha value is -3.45. The van der Waals surface area contributed by atoms with Crippen molar-refractivity contribution in [1.29, 1.82) is 5.26 Å². The van der Waals surface area contributed by atoms with Crippen LogP contribution in [0.3, 0.4) is 0 Å². The van der Waals surface area contributed by atoms with E-state index in [1.54, 1.807) is 25.3 Å². The van der Waals surface area contributed by atoms with Gasteiger partial charge in [-0.2, -0.15) is 5.26 Å². The van der Waals surface area contributed by atoms with Crippen molar-refractivity contribution in [3.8, 4) is 28.5 Å². The number of nitrogens with zero attached hydrogens (tertiary/aromatic N) is 2. The lowest BCUT2D eigenvalue weighted by molar-refractivity contribution is 0.0527. The van der Waals surface area contributed by atoms with Gasteiger partial charge in [0.1, 0.15) is 0 Å². The first-order chi connectivity index (χ1) is 12.6. The molecule has 0 aliphatic carbocycles. The van der Waals surface area contributed by atoms with Crippen LogP contribution in [0.25, 0.3) is 22.4 Å². The fraction of sp³-hybridized carbons (Fsp3) is 0.136. The molecule has 4 heteroatoms. The number of rotatable bonds is 4. The number of ether oxygens (including phenoxy) is 1. The third-order valence-electron chi connectivity index (χ3n) is 4.07. The number of carbonyl (C=O) groups is 1. The molecule has 3 rings (SSSR count). The van der Waals surface area contributed by atoms with Gasteiger partial charge in [0.15, 0.2) is 0 Å². The van der Waals surface area contributed by atoms with E-state index >= 15 is 0 Å². The molecule has 0 saturated carbocycles. The summed E-state index contributed by atoms with van der Waals surface area (Å²) in [5, 5.41) is 8.99. The number of aryl methyl sites for hydroxylation is 1. The van der Waals surface area contributed by atoms with Crippen molar-refractivity contribution in [3.05, 3.63) is 77.5 Å². The molecule has 0 atom stereocenters. The van der Waals surface area contributed by atoms with Gasteiger partial charge in [0, 0.05) is 11.8 Å².